The third-order valence-corrected chi connectivity index (χ3v) is 5.06. The van der Waals surface area contributed by atoms with Crippen LogP contribution in [0, 0.1) is 5.92 Å². The third kappa shape index (κ3) is 4.66. The highest BCUT2D eigenvalue weighted by molar-refractivity contribution is 5.95. The molecule has 0 bridgehead atoms. The van der Waals surface area contributed by atoms with Gasteiger partial charge in [-0.25, -0.2) is 9.59 Å². The number of esters is 1. The van der Waals surface area contributed by atoms with E-state index in [4.69, 9.17) is 9.47 Å². The van der Waals surface area contributed by atoms with Crippen molar-refractivity contribution in [2.75, 3.05) is 0 Å². The van der Waals surface area contributed by atoms with Crippen molar-refractivity contribution in [1.29, 1.82) is 0 Å². The summed E-state index contributed by atoms with van der Waals surface area (Å²) in [7, 11) is 0. The van der Waals surface area contributed by atoms with Crippen molar-refractivity contribution in [1.82, 2.24) is 10.6 Å². The first-order valence-corrected chi connectivity index (χ1v) is 10.1. The Morgan fingerprint density at radius 1 is 1.07 bits per heavy atom. The Morgan fingerprint density at radius 2 is 1.71 bits per heavy atom. The van der Waals surface area contributed by atoms with Gasteiger partial charge in [-0.3, -0.25) is 0 Å². The van der Waals surface area contributed by atoms with Gasteiger partial charge >= 0.3 is 12.0 Å². The van der Waals surface area contributed by atoms with Crippen molar-refractivity contribution in [2.24, 2.45) is 5.92 Å². The smallest absolute Gasteiger partial charge is 0.338 e. The van der Waals surface area contributed by atoms with Gasteiger partial charge in [-0.15, -0.1) is 0 Å². The van der Waals surface area contributed by atoms with Gasteiger partial charge in [-0.05, 0) is 63.1 Å². The van der Waals surface area contributed by atoms with Crippen LogP contribution >= 0.6 is 0 Å². The number of ether oxygens (including phenoxy) is 2. The van der Waals surface area contributed by atoms with E-state index in [1.165, 1.54) is 12.8 Å². The molecule has 1 aromatic rings. The summed E-state index contributed by atoms with van der Waals surface area (Å²) in [6.07, 6.45) is 4.67. The molecule has 1 unspecified atom stereocenters. The number of carbonyl (C=O) groups excluding carboxylic acids is 2. The molecule has 6 nitrogen and oxygen atoms in total. The Hall–Kier alpha value is -2.50. The lowest BCUT2D eigenvalue weighted by molar-refractivity contribution is -0.143. The summed E-state index contributed by atoms with van der Waals surface area (Å²) in [5.74, 6) is 0.381. The summed E-state index contributed by atoms with van der Waals surface area (Å²) >= 11 is 0. The van der Waals surface area contributed by atoms with Gasteiger partial charge in [0.05, 0.1) is 23.8 Å². The first-order valence-electron chi connectivity index (χ1n) is 10.1. The van der Waals surface area contributed by atoms with Gasteiger partial charge in [0, 0.05) is 5.70 Å². The number of amides is 2. The zero-order chi connectivity index (χ0) is 20.3. The number of rotatable bonds is 6. The van der Waals surface area contributed by atoms with Gasteiger partial charge < -0.3 is 20.1 Å². The van der Waals surface area contributed by atoms with Crippen LogP contribution in [0.15, 0.2) is 35.5 Å². The predicted molar refractivity (Wildman–Crippen MR) is 107 cm³/mol. The maximum absolute atomic E-state index is 12.8. The fraction of sp³-hybridized carbons (Fsp3) is 0.545. The van der Waals surface area contributed by atoms with Crippen LogP contribution < -0.4 is 15.4 Å². The largest absolute Gasteiger partial charge is 0.490 e. The highest BCUT2D eigenvalue weighted by atomic mass is 16.5. The minimum Gasteiger partial charge on any atom is -0.490 e. The molecule has 0 saturated heterocycles. The molecule has 3 rings (SSSR count). The highest BCUT2D eigenvalue weighted by Gasteiger charge is 2.35. The molecule has 1 atom stereocenters. The molecule has 1 saturated carbocycles. The number of allylic oxidation sites excluding steroid dienone is 1. The van der Waals surface area contributed by atoms with E-state index in [-0.39, 0.29) is 24.2 Å². The second-order valence-electron chi connectivity index (χ2n) is 8.06. The van der Waals surface area contributed by atoms with Crippen LogP contribution in [0.3, 0.4) is 0 Å². The van der Waals surface area contributed by atoms with Crippen LogP contribution in [0.25, 0.3) is 0 Å². The summed E-state index contributed by atoms with van der Waals surface area (Å²) in [4.78, 5) is 25.0. The van der Waals surface area contributed by atoms with Gasteiger partial charge in [0.15, 0.2) is 0 Å². The average molecular weight is 386 g/mol. The molecule has 1 fully saturated rings. The van der Waals surface area contributed by atoms with Crippen molar-refractivity contribution in [3.8, 4) is 5.75 Å². The first-order chi connectivity index (χ1) is 13.3. The van der Waals surface area contributed by atoms with Crippen LogP contribution in [0.5, 0.6) is 5.75 Å². The molecule has 2 aliphatic rings. The SMILES string of the molecule is CC(C)OC(=O)C1=C(C(C)C)NC(=O)NC1c1ccc(OC2CCCC2)cc1. The molecule has 2 amide bonds. The number of benzene rings is 1. The number of urea groups is 1. The van der Waals surface area contributed by atoms with Crippen LogP contribution in [-0.2, 0) is 9.53 Å². The Kier molecular flexibility index (Phi) is 6.27. The summed E-state index contributed by atoms with van der Waals surface area (Å²) in [5.41, 5.74) is 1.88. The molecule has 2 N–H and O–H groups in total. The van der Waals surface area contributed by atoms with E-state index in [9.17, 15) is 9.59 Å². The summed E-state index contributed by atoms with van der Waals surface area (Å²) in [6.45, 7) is 7.51. The fourth-order valence-electron chi connectivity index (χ4n) is 3.73. The standard InChI is InChI=1S/C22H30N2O4/c1-13(2)19-18(21(25)27-14(3)4)20(24-22(26)23-19)15-9-11-17(12-10-15)28-16-7-5-6-8-16/h9-14,16,20H,5-8H2,1-4H3,(H2,23,24,26). The Balaban J connectivity index is 1.89. The van der Waals surface area contributed by atoms with E-state index in [1.54, 1.807) is 0 Å². The first kappa shape index (κ1) is 20.2. The number of hydrogen-bond acceptors (Lipinski definition) is 4. The molecule has 6 heteroatoms. The molecule has 0 aromatic heterocycles. The molecule has 1 aliphatic heterocycles. The van der Waals surface area contributed by atoms with E-state index in [2.05, 4.69) is 10.6 Å². The summed E-state index contributed by atoms with van der Waals surface area (Å²) in [6, 6.07) is 6.74. The Labute approximate surface area is 166 Å². The van der Waals surface area contributed by atoms with Gasteiger partial charge in [0.1, 0.15) is 5.75 Å². The molecule has 0 spiro atoms. The monoisotopic (exact) mass is 386 g/mol. The molecular weight excluding hydrogens is 356 g/mol. The number of hydrogen-bond donors (Lipinski definition) is 2. The van der Waals surface area contributed by atoms with Crippen LogP contribution in [0.4, 0.5) is 4.79 Å². The maximum Gasteiger partial charge on any atom is 0.338 e. The Morgan fingerprint density at radius 3 is 2.29 bits per heavy atom. The second kappa shape index (κ2) is 8.67. The molecule has 1 aliphatic carbocycles. The molecule has 1 heterocycles. The van der Waals surface area contributed by atoms with Gasteiger partial charge in [-0.1, -0.05) is 26.0 Å². The molecule has 28 heavy (non-hydrogen) atoms. The topological polar surface area (TPSA) is 76.7 Å². The zero-order valence-electron chi connectivity index (χ0n) is 17.1. The lowest BCUT2D eigenvalue weighted by Gasteiger charge is -2.31. The second-order valence-corrected chi connectivity index (χ2v) is 8.06. The van der Waals surface area contributed by atoms with Crippen molar-refractivity contribution in [3.63, 3.8) is 0 Å². The van der Waals surface area contributed by atoms with E-state index in [0.717, 1.165) is 24.2 Å². The number of carbonyl (C=O) groups is 2. The minimum atomic E-state index is -0.557. The maximum atomic E-state index is 12.8. The van der Waals surface area contributed by atoms with Gasteiger partial charge in [-0.2, -0.15) is 0 Å². The average Bonchev–Trinajstić information content (AvgIpc) is 3.14. The van der Waals surface area contributed by atoms with Gasteiger partial charge in [0.25, 0.3) is 0 Å². The number of nitrogens with one attached hydrogen (secondary N) is 2. The van der Waals surface area contributed by atoms with Crippen LogP contribution in [0.1, 0.15) is 65.0 Å². The van der Waals surface area contributed by atoms with E-state index in [0.29, 0.717) is 11.3 Å². The van der Waals surface area contributed by atoms with Crippen molar-refractivity contribution < 1.29 is 19.1 Å². The van der Waals surface area contributed by atoms with Crippen molar-refractivity contribution in [3.05, 3.63) is 41.1 Å². The third-order valence-electron chi connectivity index (χ3n) is 5.06. The fourth-order valence-corrected chi connectivity index (χ4v) is 3.73. The predicted octanol–water partition coefficient (Wildman–Crippen LogP) is 4.22. The minimum absolute atomic E-state index is 0.0202. The molecule has 152 valence electrons. The lowest BCUT2D eigenvalue weighted by atomic mass is 9.91. The van der Waals surface area contributed by atoms with E-state index in [1.807, 2.05) is 52.0 Å². The lowest BCUT2D eigenvalue weighted by Crippen LogP contribution is -2.47. The van der Waals surface area contributed by atoms with Crippen LogP contribution in [-0.4, -0.2) is 24.2 Å². The quantitative estimate of drug-likeness (QED) is 0.718. The van der Waals surface area contributed by atoms with Crippen molar-refractivity contribution >= 4 is 12.0 Å². The van der Waals surface area contributed by atoms with E-state index >= 15 is 0 Å². The van der Waals surface area contributed by atoms with E-state index < -0.39 is 12.0 Å². The van der Waals surface area contributed by atoms with Crippen molar-refractivity contribution in [2.45, 2.75) is 71.6 Å². The Bertz CT molecular complexity index is 746. The summed E-state index contributed by atoms with van der Waals surface area (Å²) < 4.78 is 11.5. The van der Waals surface area contributed by atoms with Gasteiger partial charge in [0.2, 0.25) is 0 Å². The summed E-state index contributed by atoms with van der Waals surface area (Å²) in [5, 5.41) is 5.65. The normalized spacial score (nSPS) is 20.4. The van der Waals surface area contributed by atoms with Crippen LogP contribution in [0.2, 0.25) is 0 Å². The molecular formula is C22H30N2O4. The highest BCUT2D eigenvalue weighted by Crippen LogP contribution is 2.32. The molecule has 0 radical (unpaired) electrons. The molecule has 1 aromatic carbocycles. The zero-order valence-corrected chi connectivity index (χ0v) is 17.1.